The molecule has 2 aromatic heterocycles. The molecule has 4 nitrogen and oxygen atoms in total. The summed E-state index contributed by atoms with van der Waals surface area (Å²) in [4.78, 5) is 4.51. The van der Waals surface area contributed by atoms with Crippen molar-refractivity contribution in [2.45, 2.75) is 19.3 Å². The van der Waals surface area contributed by atoms with Crippen LogP contribution in [-0.4, -0.2) is 29.6 Å². The van der Waals surface area contributed by atoms with E-state index in [2.05, 4.69) is 14.7 Å². The Balaban J connectivity index is 1.95. The van der Waals surface area contributed by atoms with Gasteiger partial charge in [0.1, 0.15) is 17.1 Å². The summed E-state index contributed by atoms with van der Waals surface area (Å²) in [6, 6.07) is 3.88. The molecule has 1 N–H and O–H groups in total. The van der Waals surface area contributed by atoms with E-state index in [1.165, 1.54) is 12.8 Å². The van der Waals surface area contributed by atoms with Crippen LogP contribution in [0.2, 0.25) is 5.15 Å². The van der Waals surface area contributed by atoms with Gasteiger partial charge in [-0.1, -0.05) is 11.6 Å². The van der Waals surface area contributed by atoms with Crippen molar-refractivity contribution < 1.29 is 4.74 Å². The van der Waals surface area contributed by atoms with Gasteiger partial charge in [0.15, 0.2) is 5.15 Å². The molecule has 1 unspecified atom stereocenters. The Kier molecular flexibility index (Phi) is 3.62. The fourth-order valence-corrected chi connectivity index (χ4v) is 3.07. The zero-order chi connectivity index (χ0) is 13.2. The second-order valence-electron chi connectivity index (χ2n) is 5.03. The highest BCUT2D eigenvalue weighted by atomic mass is 35.5. The van der Waals surface area contributed by atoms with Crippen molar-refractivity contribution in [2.75, 3.05) is 20.2 Å². The third-order valence-electron chi connectivity index (χ3n) is 3.75. The maximum Gasteiger partial charge on any atom is 0.158 e. The third-order valence-corrected chi connectivity index (χ3v) is 4.01. The molecule has 0 bridgehead atoms. The topological polar surface area (TPSA) is 38.6 Å². The van der Waals surface area contributed by atoms with E-state index in [0.717, 1.165) is 36.6 Å². The number of piperidine rings is 1. The highest BCUT2D eigenvalue weighted by Gasteiger charge is 2.19. The van der Waals surface area contributed by atoms with Crippen LogP contribution in [-0.2, 0) is 6.42 Å². The van der Waals surface area contributed by atoms with E-state index in [1.54, 1.807) is 7.11 Å². The van der Waals surface area contributed by atoms with Gasteiger partial charge in [-0.15, -0.1) is 0 Å². The number of halogens is 1. The van der Waals surface area contributed by atoms with Crippen LogP contribution in [0, 0.1) is 5.92 Å². The lowest BCUT2D eigenvalue weighted by Gasteiger charge is -2.22. The van der Waals surface area contributed by atoms with E-state index in [9.17, 15) is 0 Å². The standard InChI is InChI=1S/C14H18ClN3O/c1-19-11-5-3-7-18-12(17-14(15)13(11)18)8-10-4-2-6-16-9-10/h3,5,7,10,16H,2,4,6,8-9H2,1H3. The average Bonchev–Trinajstić information content (AvgIpc) is 2.77. The van der Waals surface area contributed by atoms with Crippen LogP contribution >= 0.6 is 11.6 Å². The molecule has 3 heterocycles. The quantitative estimate of drug-likeness (QED) is 0.938. The maximum absolute atomic E-state index is 6.25. The molecular weight excluding hydrogens is 262 g/mol. The lowest BCUT2D eigenvalue weighted by Crippen LogP contribution is -2.31. The molecule has 0 spiro atoms. The number of hydrogen-bond acceptors (Lipinski definition) is 3. The lowest BCUT2D eigenvalue weighted by molar-refractivity contribution is 0.370. The highest BCUT2D eigenvalue weighted by molar-refractivity contribution is 6.33. The number of rotatable bonds is 3. The Morgan fingerprint density at radius 3 is 3.21 bits per heavy atom. The number of imidazole rings is 1. The van der Waals surface area contributed by atoms with Crippen LogP contribution < -0.4 is 10.1 Å². The van der Waals surface area contributed by atoms with Crippen LogP contribution in [0.25, 0.3) is 5.52 Å². The molecule has 1 aliphatic rings. The van der Waals surface area contributed by atoms with Gasteiger partial charge in [0.2, 0.25) is 0 Å². The van der Waals surface area contributed by atoms with Crippen molar-refractivity contribution in [3.63, 3.8) is 0 Å². The van der Waals surface area contributed by atoms with E-state index in [0.29, 0.717) is 11.1 Å². The van der Waals surface area contributed by atoms with Gasteiger partial charge in [0.25, 0.3) is 0 Å². The molecule has 1 aliphatic heterocycles. The summed E-state index contributed by atoms with van der Waals surface area (Å²) in [5, 5.41) is 3.96. The summed E-state index contributed by atoms with van der Waals surface area (Å²) in [6.45, 7) is 2.20. The van der Waals surface area contributed by atoms with E-state index in [4.69, 9.17) is 16.3 Å². The monoisotopic (exact) mass is 279 g/mol. The van der Waals surface area contributed by atoms with Crippen molar-refractivity contribution >= 4 is 17.1 Å². The van der Waals surface area contributed by atoms with Crippen molar-refractivity contribution in [1.82, 2.24) is 14.7 Å². The maximum atomic E-state index is 6.25. The summed E-state index contributed by atoms with van der Waals surface area (Å²) < 4.78 is 7.41. The smallest absolute Gasteiger partial charge is 0.158 e. The molecule has 1 atom stereocenters. The van der Waals surface area contributed by atoms with Crippen molar-refractivity contribution in [3.05, 3.63) is 29.3 Å². The number of nitrogens with zero attached hydrogens (tertiary/aromatic N) is 2. The number of hydrogen-bond donors (Lipinski definition) is 1. The van der Waals surface area contributed by atoms with Crippen molar-refractivity contribution in [2.24, 2.45) is 5.92 Å². The summed E-state index contributed by atoms with van der Waals surface area (Å²) >= 11 is 6.25. The molecule has 3 rings (SSSR count). The molecule has 1 saturated heterocycles. The molecule has 5 heteroatoms. The van der Waals surface area contributed by atoms with Gasteiger partial charge < -0.3 is 10.1 Å². The zero-order valence-electron chi connectivity index (χ0n) is 11.0. The molecule has 2 aromatic rings. The number of pyridine rings is 1. The van der Waals surface area contributed by atoms with Crippen LogP contribution in [0.3, 0.4) is 0 Å². The minimum absolute atomic E-state index is 0.524. The summed E-state index contributed by atoms with van der Waals surface area (Å²) in [7, 11) is 1.66. The molecule has 0 aromatic carbocycles. The predicted octanol–water partition coefficient (Wildman–Crippen LogP) is 2.54. The third kappa shape index (κ3) is 2.42. The number of fused-ring (bicyclic) bond motifs is 1. The second-order valence-corrected chi connectivity index (χ2v) is 5.39. The van der Waals surface area contributed by atoms with Crippen LogP contribution in [0.4, 0.5) is 0 Å². The highest BCUT2D eigenvalue weighted by Crippen LogP contribution is 2.29. The molecule has 0 aliphatic carbocycles. The van der Waals surface area contributed by atoms with Crippen molar-refractivity contribution in [3.8, 4) is 5.75 Å². The first-order valence-electron chi connectivity index (χ1n) is 6.69. The summed E-state index contributed by atoms with van der Waals surface area (Å²) in [5.41, 5.74) is 0.866. The first-order chi connectivity index (χ1) is 9.29. The van der Waals surface area contributed by atoms with Crippen molar-refractivity contribution in [1.29, 1.82) is 0 Å². The lowest BCUT2D eigenvalue weighted by atomic mass is 9.96. The van der Waals surface area contributed by atoms with Gasteiger partial charge in [0, 0.05) is 12.6 Å². The summed E-state index contributed by atoms with van der Waals surface area (Å²) in [6.07, 6.45) is 5.45. The van der Waals surface area contributed by atoms with Crippen LogP contribution in [0.5, 0.6) is 5.75 Å². The van der Waals surface area contributed by atoms with Gasteiger partial charge in [-0.3, -0.25) is 4.40 Å². The van der Waals surface area contributed by atoms with E-state index >= 15 is 0 Å². The minimum Gasteiger partial charge on any atom is -0.494 e. The molecule has 1 fully saturated rings. The van der Waals surface area contributed by atoms with Crippen LogP contribution in [0.15, 0.2) is 18.3 Å². The Morgan fingerprint density at radius 2 is 2.47 bits per heavy atom. The van der Waals surface area contributed by atoms with Gasteiger partial charge in [-0.05, 0) is 44.0 Å². The molecule has 102 valence electrons. The average molecular weight is 280 g/mol. The summed E-state index contributed by atoms with van der Waals surface area (Å²) in [5.74, 6) is 2.43. The molecular formula is C14H18ClN3O. The molecule has 0 amide bonds. The fraction of sp³-hybridized carbons (Fsp3) is 0.500. The van der Waals surface area contributed by atoms with Crippen LogP contribution in [0.1, 0.15) is 18.7 Å². The Bertz CT molecular complexity index is 575. The number of aromatic nitrogens is 2. The molecule has 0 radical (unpaired) electrons. The largest absolute Gasteiger partial charge is 0.494 e. The number of ether oxygens (including phenoxy) is 1. The van der Waals surface area contributed by atoms with Gasteiger partial charge in [-0.2, -0.15) is 0 Å². The first-order valence-corrected chi connectivity index (χ1v) is 7.07. The number of nitrogens with one attached hydrogen (secondary N) is 1. The first kappa shape index (κ1) is 12.8. The van der Waals surface area contributed by atoms with Gasteiger partial charge in [-0.25, -0.2) is 4.98 Å². The predicted molar refractivity (Wildman–Crippen MR) is 76.1 cm³/mol. The second kappa shape index (κ2) is 5.39. The zero-order valence-corrected chi connectivity index (χ0v) is 11.8. The van der Waals surface area contributed by atoms with Gasteiger partial charge in [0.05, 0.1) is 7.11 Å². The van der Waals surface area contributed by atoms with E-state index in [1.807, 2.05) is 18.3 Å². The Morgan fingerprint density at radius 1 is 1.58 bits per heavy atom. The Labute approximate surface area is 117 Å². The SMILES string of the molecule is COc1cccn2c(CC3CCCNC3)nc(Cl)c12. The van der Waals surface area contributed by atoms with E-state index in [-0.39, 0.29) is 0 Å². The van der Waals surface area contributed by atoms with Gasteiger partial charge >= 0.3 is 0 Å². The number of methoxy groups -OCH3 is 1. The molecule has 19 heavy (non-hydrogen) atoms. The fourth-order valence-electron chi connectivity index (χ4n) is 2.79. The Hall–Kier alpha value is -1.26. The van der Waals surface area contributed by atoms with E-state index < -0.39 is 0 Å². The minimum atomic E-state index is 0.524. The normalized spacial score (nSPS) is 19.8. The molecule has 0 saturated carbocycles.